The Kier molecular flexibility index (Phi) is 4.55. The Morgan fingerprint density at radius 1 is 1.17 bits per heavy atom. The molecule has 1 heterocycles. The normalized spacial score (nSPS) is 11.1. The van der Waals surface area contributed by atoms with Gasteiger partial charge < -0.3 is 14.4 Å². The van der Waals surface area contributed by atoms with Gasteiger partial charge in [-0.3, -0.25) is 0 Å². The second-order valence-corrected chi connectivity index (χ2v) is 5.95. The number of ether oxygens (including phenoxy) is 1. The molecule has 0 aliphatic rings. The van der Waals surface area contributed by atoms with Crippen LogP contribution in [-0.4, -0.2) is 21.3 Å². The van der Waals surface area contributed by atoms with Crippen LogP contribution in [0.2, 0.25) is 5.02 Å². The maximum atomic E-state index is 9.57. The number of fused-ring (bicyclic) bond motifs is 1. The molecule has 0 saturated carbocycles. The second-order valence-electron chi connectivity index (χ2n) is 5.54. The quantitative estimate of drug-likeness (QED) is 0.772. The van der Waals surface area contributed by atoms with E-state index in [4.69, 9.17) is 16.3 Å². The van der Waals surface area contributed by atoms with Gasteiger partial charge in [-0.25, -0.2) is 4.98 Å². The molecule has 23 heavy (non-hydrogen) atoms. The van der Waals surface area contributed by atoms with Gasteiger partial charge in [0, 0.05) is 0 Å². The minimum atomic E-state index is -0.0983. The topological polar surface area (TPSA) is 47.3 Å². The zero-order chi connectivity index (χ0) is 16.4. The van der Waals surface area contributed by atoms with Crippen LogP contribution >= 0.6 is 11.6 Å². The third-order valence-electron chi connectivity index (χ3n) is 3.99. The number of rotatable bonds is 5. The molecule has 0 aliphatic heterocycles. The molecule has 120 valence electrons. The van der Waals surface area contributed by atoms with Gasteiger partial charge in [0.25, 0.3) is 0 Å². The van der Waals surface area contributed by atoms with Gasteiger partial charge in [-0.15, -0.1) is 0 Å². The van der Waals surface area contributed by atoms with Crippen molar-refractivity contribution in [3.63, 3.8) is 0 Å². The van der Waals surface area contributed by atoms with E-state index in [0.717, 1.165) is 11.0 Å². The van der Waals surface area contributed by atoms with Crippen LogP contribution in [-0.2, 0) is 13.2 Å². The Balaban J connectivity index is 1.84. The van der Waals surface area contributed by atoms with Crippen LogP contribution in [0, 0.1) is 13.8 Å². The lowest BCUT2D eigenvalue weighted by Gasteiger charge is -2.11. The molecule has 4 nitrogen and oxygen atoms in total. The number of hydrogen-bond acceptors (Lipinski definition) is 3. The zero-order valence-corrected chi connectivity index (χ0v) is 14.0. The molecule has 0 saturated heterocycles. The fourth-order valence-electron chi connectivity index (χ4n) is 2.61. The van der Waals surface area contributed by atoms with E-state index in [9.17, 15) is 5.11 Å². The number of nitrogens with zero attached hydrogens (tertiary/aromatic N) is 2. The monoisotopic (exact) mass is 330 g/mol. The van der Waals surface area contributed by atoms with Crippen LogP contribution in [0.3, 0.4) is 0 Å². The van der Waals surface area contributed by atoms with Crippen molar-refractivity contribution in [3.05, 3.63) is 58.4 Å². The molecule has 0 radical (unpaired) electrons. The average molecular weight is 331 g/mol. The standard InChI is InChI=1S/C18H19ClN2O2/c1-12-9-15-16(10-13(12)2)21(18(11-22)20-15)7-8-23-17-6-4-3-5-14(17)19/h3-6,9-10,22H,7-8,11H2,1-2H3. The Morgan fingerprint density at radius 2 is 1.91 bits per heavy atom. The van der Waals surface area contributed by atoms with Gasteiger partial charge in [0.05, 0.1) is 22.6 Å². The van der Waals surface area contributed by atoms with Crippen LogP contribution < -0.4 is 4.74 Å². The Hall–Kier alpha value is -2.04. The molecule has 1 aromatic heterocycles. The number of aliphatic hydroxyl groups excluding tert-OH is 1. The van der Waals surface area contributed by atoms with E-state index in [1.54, 1.807) is 6.07 Å². The number of aliphatic hydroxyl groups is 1. The number of benzene rings is 2. The Morgan fingerprint density at radius 3 is 2.65 bits per heavy atom. The van der Waals surface area contributed by atoms with Crippen LogP contribution in [0.4, 0.5) is 0 Å². The molecule has 0 spiro atoms. The molecule has 0 amide bonds. The predicted molar refractivity (Wildman–Crippen MR) is 92.1 cm³/mol. The van der Waals surface area contributed by atoms with Crippen molar-refractivity contribution in [2.24, 2.45) is 0 Å². The van der Waals surface area contributed by atoms with Gasteiger partial charge in [0.2, 0.25) is 0 Å². The van der Waals surface area contributed by atoms with Gasteiger partial charge in [0.1, 0.15) is 24.8 Å². The molecule has 5 heteroatoms. The van der Waals surface area contributed by atoms with E-state index < -0.39 is 0 Å². The summed E-state index contributed by atoms with van der Waals surface area (Å²) in [4.78, 5) is 4.51. The summed E-state index contributed by atoms with van der Waals surface area (Å²) in [5.74, 6) is 1.31. The number of aromatic nitrogens is 2. The van der Waals surface area contributed by atoms with Gasteiger partial charge in [-0.2, -0.15) is 0 Å². The van der Waals surface area contributed by atoms with Gasteiger partial charge in [-0.05, 0) is 49.2 Å². The maximum absolute atomic E-state index is 9.57. The molecule has 1 N–H and O–H groups in total. The van der Waals surface area contributed by atoms with E-state index in [1.807, 2.05) is 22.8 Å². The largest absolute Gasteiger partial charge is 0.490 e. The predicted octanol–water partition coefficient (Wildman–Crippen LogP) is 3.88. The maximum Gasteiger partial charge on any atom is 0.137 e. The number of hydrogen-bond donors (Lipinski definition) is 1. The van der Waals surface area contributed by atoms with Crippen molar-refractivity contribution in [1.82, 2.24) is 9.55 Å². The fourth-order valence-corrected chi connectivity index (χ4v) is 2.80. The Labute approximate surface area is 140 Å². The summed E-state index contributed by atoms with van der Waals surface area (Å²) in [6.07, 6.45) is 0. The van der Waals surface area contributed by atoms with Crippen molar-refractivity contribution in [1.29, 1.82) is 0 Å². The van der Waals surface area contributed by atoms with Gasteiger partial charge in [0.15, 0.2) is 0 Å². The van der Waals surface area contributed by atoms with E-state index in [-0.39, 0.29) is 6.61 Å². The summed E-state index contributed by atoms with van der Waals surface area (Å²) in [7, 11) is 0. The fraction of sp³-hybridized carbons (Fsp3) is 0.278. The highest BCUT2D eigenvalue weighted by atomic mass is 35.5. The number of para-hydroxylation sites is 1. The first-order chi connectivity index (χ1) is 11.1. The minimum absolute atomic E-state index is 0.0983. The van der Waals surface area contributed by atoms with Crippen molar-refractivity contribution >= 4 is 22.6 Å². The third-order valence-corrected chi connectivity index (χ3v) is 4.31. The first kappa shape index (κ1) is 15.8. The first-order valence-electron chi connectivity index (χ1n) is 7.54. The van der Waals surface area contributed by atoms with Crippen molar-refractivity contribution < 1.29 is 9.84 Å². The highest BCUT2D eigenvalue weighted by molar-refractivity contribution is 6.32. The third kappa shape index (κ3) is 3.19. The molecule has 0 aliphatic carbocycles. The zero-order valence-electron chi connectivity index (χ0n) is 13.2. The molecule has 0 bridgehead atoms. The molecular formula is C18H19ClN2O2. The lowest BCUT2D eigenvalue weighted by atomic mass is 10.1. The van der Waals surface area contributed by atoms with Gasteiger partial charge >= 0.3 is 0 Å². The summed E-state index contributed by atoms with van der Waals surface area (Å²) < 4.78 is 7.75. The minimum Gasteiger partial charge on any atom is -0.490 e. The molecule has 0 fully saturated rings. The highest BCUT2D eigenvalue weighted by Gasteiger charge is 2.11. The summed E-state index contributed by atoms with van der Waals surface area (Å²) >= 11 is 6.09. The number of halogens is 1. The van der Waals surface area contributed by atoms with E-state index >= 15 is 0 Å². The highest BCUT2D eigenvalue weighted by Crippen LogP contribution is 2.24. The smallest absolute Gasteiger partial charge is 0.137 e. The lowest BCUT2D eigenvalue weighted by molar-refractivity contribution is 0.255. The molecule has 0 atom stereocenters. The van der Waals surface area contributed by atoms with Crippen molar-refractivity contribution in [2.75, 3.05) is 6.61 Å². The summed E-state index contributed by atoms with van der Waals surface area (Å²) in [5, 5.41) is 10.2. The Bertz CT molecular complexity index is 842. The lowest BCUT2D eigenvalue weighted by Crippen LogP contribution is -2.11. The number of aryl methyl sites for hydroxylation is 2. The molecular weight excluding hydrogens is 312 g/mol. The van der Waals surface area contributed by atoms with E-state index in [2.05, 4.69) is 31.0 Å². The molecule has 3 aromatic rings. The number of imidazole rings is 1. The SMILES string of the molecule is Cc1cc2nc(CO)n(CCOc3ccccc3Cl)c2cc1C. The second kappa shape index (κ2) is 6.60. The summed E-state index contributed by atoms with van der Waals surface area (Å²) in [6, 6.07) is 11.6. The summed E-state index contributed by atoms with van der Waals surface area (Å²) in [6.45, 7) is 5.09. The van der Waals surface area contributed by atoms with Gasteiger partial charge in [-0.1, -0.05) is 23.7 Å². The molecule has 2 aromatic carbocycles. The van der Waals surface area contributed by atoms with Crippen LogP contribution in [0.1, 0.15) is 17.0 Å². The summed E-state index contributed by atoms with van der Waals surface area (Å²) in [5.41, 5.74) is 4.31. The van der Waals surface area contributed by atoms with Crippen LogP contribution in [0.5, 0.6) is 5.75 Å². The molecule has 3 rings (SSSR count). The van der Waals surface area contributed by atoms with E-state index in [1.165, 1.54) is 11.1 Å². The van der Waals surface area contributed by atoms with E-state index in [0.29, 0.717) is 29.7 Å². The van der Waals surface area contributed by atoms with Crippen LogP contribution in [0.15, 0.2) is 36.4 Å². The molecule has 0 unspecified atom stereocenters. The van der Waals surface area contributed by atoms with Crippen LogP contribution in [0.25, 0.3) is 11.0 Å². The first-order valence-corrected chi connectivity index (χ1v) is 7.92. The van der Waals surface area contributed by atoms with Crippen molar-refractivity contribution in [2.45, 2.75) is 27.0 Å². The van der Waals surface area contributed by atoms with Crippen molar-refractivity contribution in [3.8, 4) is 5.75 Å². The average Bonchev–Trinajstić information content (AvgIpc) is 2.87.